The lowest BCUT2D eigenvalue weighted by Crippen LogP contribution is -2.30. The fourth-order valence-electron chi connectivity index (χ4n) is 8.29. The van der Waals surface area contributed by atoms with Crippen molar-refractivity contribution in [3.63, 3.8) is 0 Å². The Morgan fingerprint density at radius 1 is 0.304 bits per heavy atom. The average Bonchev–Trinajstić information content (AvgIpc) is 3.35. The van der Waals surface area contributed by atoms with Crippen LogP contribution in [-0.2, 0) is 28.6 Å². The smallest absolute Gasteiger partial charge is 0.306 e. The zero-order valence-corrected chi connectivity index (χ0v) is 45.6. The second kappa shape index (κ2) is 57.4. The highest BCUT2D eigenvalue weighted by atomic mass is 16.6. The maximum atomic E-state index is 12.9. The summed E-state index contributed by atoms with van der Waals surface area (Å²) < 4.78 is 16.9. The average molecular weight is 964 g/mol. The summed E-state index contributed by atoms with van der Waals surface area (Å²) in [5.74, 6) is -0.909. The Bertz CT molecular complexity index is 1290. The summed E-state index contributed by atoms with van der Waals surface area (Å²) in [4.78, 5) is 38.2. The van der Waals surface area contributed by atoms with E-state index in [1.165, 1.54) is 154 Å². The van der Waals surface area contributed by atoms with Gasteiger partial charge in [-0.2, -0.15) is 0 Å². The van der Waals surface area contributed by atoms with E-state index in [-0.39, 0.29) is 31.1 Å². The van der Waals surface area contributed by atoms with Crippen molar-refractivity contribution < 1.29 is 28.6 Å². The first-order valence-electron chi connectivity index (χ1n) is 29.4. The van der Waals surface area contributed by atoms with E-state index in [4.69, 9.17) is 14.2 Å². The third-order valence-corrected chi connectivity index (χ3v) is 12.7. The molecule has 69 heavy (non-hydrogen) atoms. The fourth-order valence-corrected chi connectivity index (χ4v) is 8.29. The minimum Gasteiger partial charge on any atom is -0.462 e. The number of esters is 3. The molecule has 0 aliphatic rings. The molecule has 0 aromatic carbocycles. The van der Waals surface area contributed by atoms with Crippen LogP contribution < -0.4 is 0 Å². The third-order valence-electron chi connectivity index (χ3n) is 12.7. The third kappa shape index (κ3) is 55.6. The van der Waals surface area contributed by atoms with Crippen LogP contribution in [0.2, 0.25) is 0 Å². The van der Waals surface area contributed by atoms with Crippen LogP contribution in [0.4, 0.5) is 0 Å². The topological polar surface area (TPSA) is 78.9 Å². The molecule has 0 N–H and O–H groups in total. The first-order valence-corrected chi connectivity index (χ1v) is 29.4. The molecule has 0 saturated heterocycles. The monoisotopic (exact) mass is 963 g/mol. The number of hydrogen-bond donors (Lipinski definition) is 0. The number of carbonyl (C=O) groups excluding carboxylic acids is 3. The van der Waals surface area contributed by atoms with Gasteiger partial charge in [-0.25, -0.2) is 0 Å². The Balaban J connectivity index is 4.41. The van der Waals surface area contributed by atoms with Crippen molar-refractivity contribution in [2.45, 2.75) is 297 Å². The fraction of sp³-hybridized carbons (Fsp3) is 0.762. The number of unbranched alkanes of at least 4 members (excludes halogenated alkanes) is 30. The molecule has 0 saturated carbocycles. The quantitative estimate of drug-likeness (QED) is 0.0262. The Morgan fingerprint density at radius 2 is 0.565 bits per heavy atom. The molecule has 0 fully saturated rings. The molecule has 0 aliphatic heterocycles. The zero-order valence-electron chi connectivity index (χ0n) is 45.6. The number of hydrogen-bond acceptors (Lipinski definition) is 6. The summed E-state index contributed by atoms with van der Waals surface area (Å²) in [6, 6.07) is 0. The molecule has 6 heteroatoms. The lowest BCUT2D eigenvalue weighted by molar-refractivity contribution is -0.167. The van der Waals surface area contributed by atoms with Crippen LogP contribution >= 0.6 is 0 Å². The molecule has 0 aromatic heterocycles. The Morgan fingerprint density at radius 3 is 0.913 bits per heavy atom. The van der Waals surface area contributed by atoms with Crippen LogP contribution in [0, 0.1) is 0 Å². The molecule has 0 bridgehead atoms. The highest BCUT2D eigenvalue weighted by Gasteiger charge is 2.19. The molecule has 0 radical (unpaired) electrons. The minimum absolute atomic E-state index is 0.0843. The van der Waals surface area contributed by atoms with Gasteiger partial charge in [-0.1, -0.05) is 254 Å². The van der Waals surface area contributed by atoms with Gasteiger partial charge in [0.2, 0.25) is 0 Å². The van der Waals surface area contributed by atoms with E-state index in [9.17, 15) is 14.4 Å². The van der Waals surface area contributed by atoms with Crippen molar-refractivity contribution in [1.29, 1.82) is 0 Å². The molecule has 0 unspecified atom stereocenters. The first kappa shape index (κ1) is 65.8. The molecule has 0 spiro atoms. The van der Waals surface area contributed by atoms with Crippen molar-refractivity contribution in [1.82, 2.24) is 0 Å². The molecule has 0 rings (SSSR count). The molecule has 0 heterocycles. The van der Waals surface area contributed by atoms with E-state index in [1.54, 1.807) is 0 Å². The number of rotatable bonds is 53. The van der Waals surface area contributed by atoms with Crippen LogP contribution in [0.1, 0.15) is 290 Å². The first-order chi connectivity index (χ1) is 34.0. The molecular formula is C63H110O6. The van der Waals surface area contributed by atoms with Crippen LogP contribution in [-0.4, -0.2) is 37.2 Å². The molecule has 6 nitrogen and oxygen atoms in total. The number of carbonyl (C=O) groups is 3. The van der Waals surface area contributed by atoms with Gasteiger partial charge in [-0.05, 0) is 89.9 Å². The predicted molar refractivity (Wildman–Crippen MR) is 298 cm³/mol. The molecule has 398 valence electrons. The van der Waals surface area contributed by atoms with Crippen molar-refractivity contribution in [3.8, 4) is 0 Å². The van der Waals surface area contributed by atoms with Gasteiger partial charge in [0.05, 0.1) is 0 Å². The van der Waals surface area contributed by atoms with Crippen LogP contribution in [0.25, 0.3) is 0 Å². The van der Waals surface area contributed by atoms with E-state index in [0.717, 1.165) is 96.3 Å². The van der Waals surface area contributed by atoms with Gasteiger partial charge >= 0.3 is 17.9 Å². The predicted octanol–water partition coefficient (Wildman–Crippen LogP) is 19.8. The van der Waals surface area contributed by atoms with E-state index < -0.39 is 6.10 Å². The Hall–Kier alpha value is -3.15. The lowest BCUT2D eigenvalue weighted by atomic mass is 10.0. The SMILES string of the molecule is CC/C=C\C/C=C\C/C=C\C/C=C\C/C=C\CCCCCC(=O)OC[C@H](COC(=O)CCCCCCCCCCCCCCC)OC(=O)CCCCCCCCCCC/C=C\CCCCCCCC. The molecular weight excluding hydrogens is 853 g/mol. The Labute approximate surface area is 427 Å². The standard InChI is InChI=1S/C63H110O6/c1-4-7-10-13-16-19-22-25-27-29-31-33-35-38-41-44-47-50-53-56-62(65)68-59-60(58-67-61(64)55-52-49-46-43-40-37-24-21-18-15-12-9-6-3)69-63(66)57-54-51-48-45-42-39-36-34-32-30-28-26-23-20-17-14-11-8-5-2/h7,10,16,19,25-28,31,33,38,41,60H,4-6,8-9,11-15,17-18,20-24,29-30,32,34-37,39-40,42-59H2,1-3H3/b10-7-,19-16-,27-25-,28-26-,33-31-,41-38-/t60-/m0/s1. The normalized spacial score (nSPS) is 12.6. The zero-order chi connectivity index (χ0) is 50.0. The van der Waals surface area contributed by atoms with Crippen LogP contribution in [0.3, 0.4) is 0 Å². The second-order valence-electron chi connectivity index (χ2n) is 19.5. The maximum Gasteiger partial charge on any atom is 0.306 e. The summed E-state index contributed by atoms with van der Waals surface area (Å²) in [5, 5.41) is 0. The highest BCUT2D eigenvalue weighted by Crippen LogP contribution is 2.16. The summed E-state index contributed by atoms with van der Waals surface area (Å²) >= 11 is 0. The van der Waals surface area contributed by atoms with E-state index in [1.807, 2.05) is 0 Å². The number of ether oxygens (including phenoxy) is 3. The van der Waals surface area contributed by atoms with Crippen LogP contribution in [0.5, 0.6) is 0 Å². The van der Waals surface area contributed by atoms with Gasteiger partial charge in [-0.3, -0.25) is 14.4 Å². The summed E-state index contributed by atoms with van der Waals surface area (Å²) in [7, 11) is 0. The Kier molecular flexibility index (Phi) is 54.8. The van der Waals surface area contributed by atoms with Crippen molar-refractivity contribution in [3.05, 3.63) is 72.9 Å². The van der Waals surface area contributed by atoms with Gasteiger partial charge in [-0.15, -0.1) is 0 Å². The van der Waals surface area contributed by atoms with Crippen molar-refractivity contribution >= 4 is 17.9 Å². The second-order valence-corrected chi connectivity index (χ2v) is 19.5. The van der Waals surface area contributed by atoms with Gasteiger partial charge in [0.25, 0.3) is 0 Å². The molecule has 1 atom stereocenters. The van der Waals surface area contributed by atoms with Gasteiger partial charge in [0, 0.05) is 19.3 Å². The van der Waals surface area contributed by atoms with Gasteiger partial charge < -0.3 is 14.2 Å². The van der Waals surface area contributed by atoms with Crippen molar-refractivity contribution in [2.24, 2.45) is 0 Å². The van der Waals surface area contributed by atoms with E-state index >= 15 is 0 Å². The summed E-state index contributed by atoms with van der Waals surface area (Å²) in [5.41, 5.74) is 0. The van der Waals surface area contributed by atoms with Crippen LogP contribution in [0.15, 0.2) is 72.9 Å². The lowest BCUT2D eigenvalue weighted by Gasteiger charge is -2.18. The number of allylic oxidation sites excluding steroid dienone is 12. The molecule has 0 aromatic rings. The maximum absolute atomic E-state index is 12.9. The highest BCUT2D eigenvalue weighted by molar-refractivity contribution is 5.71. The summed E-state index contributed by atoms with van der Waals surface area (Å²) in [6.07, 6.45) is 73.2. The van der Waals surface area contributed by atoms with Gasteiger partial charge in [0.1, 0.15) is 13.2 Å². The van der Waals surface area contributed by atoms with E-state index in [0.29, 0.717) is 19.3 Å². The molecule has 0 amide bonds. The molecule has 0 aliphatic carbocycles. The van der Waals surface area contributed by atoms with Crippen molar-refractivity contribution in [2.75, 3.05) is 13.2 Å². The minimum atomic E-state index is -0.789. The van der Waals surface area contributed by atoms with Gasteiger partial charge in [0.15, 0.2) is 6.10 Å². The summed E-state index contributed by atoms with van der Waals surface area (Å²) in [6.45, 7) is 6.52. The van der Waals surface area contributed by atoms with E-state index in [2.05, 4.69) is 93.7 Å². The largest absolute Gasteiger partial charge is 0.462 e.